The van der Waals surface area contributed by atoms with Gasteiger partial charge in [0.05, 0.1) is 27.2 Å². The summed E-state index contributed by atoms with van der Waals surface area (Å²) in [5.74, 6) is -0.306. The number of thiocarbonyl (C=S) groups is 1. The molecule has 0 amide bonds. The van der Waals surface area contributed by atoms with Crippen molar-refractivity contribution in [2.24, 2.45) is 11.1 Å². The lowest BCUT2D eigenvalue weighted by Gasteiger charge is -2.17. The summed E-state index contributed by atoms with van der Waals surface area (Å²) in [5, 5.41) is -0.718. The molecule has 6 heteroatoms. The standard InChI is InChI=1S/C20H23NO3S2/c1-3-24-13-20(19(21)25)17(15-7-5-4-6-8-15)18(20)26(22,23)16-11-9-14(2)10-12-16/h4-12,17-18H,3,13H2,1-2H3,(H2,21,25)/t17-,18-,20-/m0/s1. The molecule has 3 atom stereocenters. The largest absolute Gasteiger partial charge is 0.393 e. The Bertz CT molecular complexity index is 894. The molecule has 0 radical (unpaired) electrons. The first-order valence-electron chi connectivity index (χ1n) is 8.59. The first-order valence-corrected chi connectivity index (χ1v) is 10.5. The summed E-state index contributed by atoms with van der Waals surface area (Å²) in [6.07, 6.45) is 0. The van der Waals surface area contributed by atoms with E-state index in [-0.39, 0.29) is 17.5 Å². The van der Waals surface area contributed by atoms with Crippen molar-refractivity contribution in [3.8, 4) is 0 Å². The maximum atomic E-state index is 13.4. The first-order chi connectivity index (χ1) is 12.4. The number of aryl methyl sites for hydroxylation is 1. The van der Waals surface area contributed by atoms with Crippen molar-refractivity contribution in [2.75, 3.05) is 13.2 Å². The van der Waals surface area contributed by atoms with Gasteiger partial charge in [-0.15, -0.1) is 0 Å². The van der Waals surface area contributed by atoms with E-state index in [0.717, 1.165) is 11.1 Å². The molecule has 1 fully saturated rings. The van der Waals surface area contributed by atoms with Gasteiger partial charge in [0.25, 0.3) is 0 Å². The van der Waals surface area contributed by atoms with Crippen molar-refractivity contribution in [1.29, 1.82) is 0 Å². The van der Waals surface area contributed by atoms with E-state index in [2.05, 4.69) is 0 Å². The van der Waals surface area contributed by atoms with Crippen LogP contribution in [0.4, 0.5) is 0 Å². The first kappa shape index (κ1) is 19.0. The van der Waals surface area contributed by atoms with Crippen molar-refractivity contribution in [2.45, 2.75) is 29.9 Å². The molecule has 0 heterocycles. The molecular weight excluding hydrogens is 366 g/mol. The molecule has 0 aliphatic heterocycles. The van der Waals surface area contributed by atoms with Gasteiger partial charge in [-0.05, 0) is 31.5 Å². The van der Waals surface area contributed by atoms with Crippen LogP contribution in [0.5, 0.6) is 0 Å². The Morgan fingerprint density at radius 2 is 1.77 bits per heavy atom. The van der Waals surface area contributed by atoms with Crippen molar-refractivity contribution < 1.29 is 13.2 Å². The highest BCUT2D eigenvalue weighted by atomic mass is 32.2. The van der Waals surface area contributed by atoms with E-state index in [9.17, 15) is 8.42 Å². The molecule has 1 saturated carbocycles. The Hall–Kier alpha value is -1.76. The van der Waals surface area contributed by atoms with Crippen LogP contribution >= 0.6 is 12.2 Å². The maximum absolute atomic E-state index is 13.4. The Kier molecular flexibility index (Phi) is 5.19. The molecule has 2 N–H and O–H groups in total. The Labute approximate surface area is 160 Å². The lowest BCUT2D eigenvalue weighted by molar-refractivity contribution is 0.121. The molecule has 0 bridgehead atoms. The Morgan fingerprint density at radius 1 is 1.15 bits per heavy atom. The fraction of sp³-hybridized carbons (Fsp3) is 0.350. The zero-order chi connectivity index (χ0) is 18.9. The monoisotopic (exact) mass is 389 g/mol. The number of nitrogens with two attached hydrogens (primary N) is 1. The van der Waals surface area contributed by atoms with Crippen LogP contribution in [0.15, 0.2) is 59.5 Å². The molecule has 1 aliphatic rings. The molecule has 26 heavy (non-hydrogen) atoms. The summed E-state index contributed by atoms with van der Waals surface area (Å²) < 4.78 is 32.4. The quantitative estimate of drug-likeness (QED) is 0.736. The highest BCUT2D eigenvalue weighted by molar-refractivity contribution is 7.92. The predicted octanol–water partition coefficient (Wildman–Crippen LogP) is 3.24. The van der Waals surface area contributed by atoms with Gasteiger partial charge in [0, 0.05) is 12.5 Å². The molecule has 2 aromatic rings. The summed E-state index contributed by atoms with van der Waals surface area (Å²) in [4.78, 5) is 0.490. The number of ether oxygens (including phenoxy) is 1. The lowest BCUT2D eigenvalue weighted by atomic mass is 10.00. The summed E-state index contributed by atoms with van der Waals surface area (Å²) in [5.41, 5.74) is 7.12. The van der Waals surface area contributed by atoms with Crippen LogP contribution in [0.1, 0.15) is 24.0 Å². The van der Waals surface area contributed by atoms with E-state index in [0.29, 0.717) is 11.5 Å². The van der Waals surface area contributed by atoms with Crippen LogP contribution in [0, 0.1) is 12.3 Å². The van der Waals surface area contributed by atoms with Gasteiger partial charge in [0.1, 0.15) is 0 Å². The van der Waals surface area contributed by atoms with Gasteiger partial charge < -0.3 is 10.5 Å². The number of sulfone groups is 1. The zero-order valence-corrected chi connectivity index (χ0v) is 16.5. The molecule has 0 saturated heterocycles. The van der Waals surface area contributed by atoms with Gasteiger partial charge in [-0.25, -0.2) is 8.42 Å². The van der Waals surface area contributed by atoms with Crippen molar-refractivity contribution in [3.63, 3.8) is 0 Å². The smallest absolute Gasteiger partial charge is 0.182 e. The van der Waals surface area contributed by atoms with Gasteiger partial charge in [-0.2, -0.15) is 0 Å². The van der Waals surface area contributed by atoms with E-state index in [1.165, 1.54) is 0 Å². The van der Waals surface area contributed by atoms with Crippen LogP contribution in [-0.2, 0) is 14.6 Å². The van der Waals surface area contributed by atoms with Crippen LogP contribution in [-0.4, -0.2) is 31.9 Å². The topological polar surface area (TPSA) is 69.4 Å². The maximum Gasteiger partial charge on any atom is 0.182 e. The van der Waals surface area contributed by atoms with Crippen LogP contribution in [0.25, 0.3) is 0 Å². The predicted molar refractivity (Wildman–Crippen MR) is 107 cm³/mol. The fourth-order valence-corrected chi connectivity index (χ4v) is 6.45. The summed E-state index contributed by atoms with van der Waals surface area (Å²) in [6, 6.07) is 16.5. The summed E-state index contributed by atoms with van der Waals surface area (Å²) >= 11 is 5.33. The fourth-order valence-electron chi connectivity index (χ4n) is 3.68. The molecule has 138 valence electrons. The van der Waals surface area contributed by atoms with Crippen molar-refractivity contribution in [1.82, 2.24) is 0 Å². The minimum absolute atomic E-state index is 0.195. The normalized spacial score (nSPS) is 25.0. The highest BCUT2D eigenvalue weighted by Crippen LogP contribution is 2.64. The van der Waals surface area contributed by atoms with Gasteiger partial charge in [0.15, 0.2) is 9.84 Å². The third kappa shape index (κ3) is 3.06. The third-order valence-corrected chi connectivity index (χ3v) is 7.77. The average Bonchev–Trinajstić information content (AvgIpc) is 3.32. The average molecular weight is 390 g/mol. The molecule has 1 aliphatic carbocycles. The van der Waals surface area contributed by atoms with Crippen LogP contribution in [0.3, 0.4) is 0 Å². The van der Waals surface area contributed by atoms with Crippen molar-refractivity contribution in [3.05, 3.63) is 65.7 Å². The van der Waals surface area contributed by atoms with E-state index >= 15 is 0 Å². The minimum atomic E-state index is -3.61. The van der Waals surface area contributed by atoms with E-state index in [1.807, 2.05) is 44.2 Å². The molecule has 2 aromatic carbocycles. The van der Waals surface area contributed by atoms with Gasteiger partial charge in [-0.1, -0.05) is 60.2 Å². The molecule has 0 unspecified atom stereocenters. The second-order valence-corrected chi connectivity index (χ2v) is 9.22. The van der Waals surface area contributed by atoms with Crippen LogP contribution < -0.4 is 5.73 Å². The number of hydrogen-bond acceptors (Lipinski definition) is 4. The van der Waals surface area contributed by atoms with E-state index in [1.54, 1.807) is 24.3 Å². The number of benzene rings is 2. The molecule has 0 aromatic heterocycles. The van der Waals surface area contributed by atoms with E-state index < -0.39 is 20.5 Å². The summed E-state index contributed by atoms with van der Waals surface area (Å²) in [6.45, 7) is 4.47. The second-order valence-electron chi connectivity index (χ2n) is 6.71. The molecule has 3 rings (SSSR count). The Balaban J connectivity index is 2.09. The molecule has 4 nitrogen and oxygen atoms in total. The van der Waals surface area contributed by atoms with Crippen molar-refractivity contribution >= 4 is 27.0 Å². The SMILES string of the molecule is CCOC[C@]1(C(N)=S)[C@@H](c2ccccc2)[C@@H]1S(=O)(=O)c1ccc(C)cc1. The Morgan fingerprint density at radius 3 is 2.31 bits per heavy atom. The van der Waals surface area contributed by atoms with Crippen LogP contribution in [0.2, 0.25) is 0 Å². The lowest BCUT2D eigenvalue weighted by Crippen LogP contribution is -2.33. The highest BCUT2D eigenvalue weighted by Gasteiger charge is 2.73. The third-order valence-electron chi connectivity index (χ3n) is 5.10. The van der Waals surface area contributed by atoms with Gasteiger partial charge >= 0.3 is 0 Å². The second kappa shape index (κ2) is 7.10. The molecular formula is C20H23NO3S2. The molecule has 0 spiro atoms. The number of hydrogen-bond donors (Lipinski definition) is 1. The van der Waals surface area contributed by atoms with Gasteiger partial charge in [-0.3, -0.25) is 0 Å². The minimum Gasteiger partial charge on any atom is -0.393 e. The van der Waals surface area contributed by atoms with E-state index in [4.69, 9.17) is 22.7 Å². The van der Waals surface area contributed by atoms with Gasteiger partial charge in [0.2, 0.25) is 0 Å². The zero-order valence-electron chi connectivity index (χ0n) is 14.9. The number of rotatable bonds is 7. The summed E-state index contributed by atoms with van der Waals surface area (Å²) in [7, 11) is -3.61.